The van der Waals surface area contributed by atoms with Crippen LogP contribution in [0.1, 0.15) is 6.92 Å². The fourth-order valence-electron chi connectivity index (χ4n) is 2.76. The lowest BCUT2D eigenvalue weighted by molar-refractivity contribution is 0.252. The number of aromatic nitrogens is 5. The highest BCUT2D eigenvalue weighted by atomic mass is 16.2. The SMILES string of the molecule is CCNC(=O)Nc1cccc(-c2cnn3cc(-c4cnccn4)cnc23)c1. The predicted molar refractivity (Wildman–Crippen MR) is 102 cm³/mol. The van der Waals surface area contributed by atoms with Crippen molar-refractivity contribution in [3.8, 4) is 22.4 Å². The van der Waals surface area contributed by atoms with Crippen LogP contribution in [0.25, 0.3) is 28.0 Å². The molecule has 8 nitrogen and oxygen atoms in total. The minimum atomic E-state index is -0.235. The molecule has 0 aliphatic carbocycles. The Labute approximate surface area is 155 Å². The van der Waals surface area contributed by atoms with E-state index in [-0.39, 0.29) is 6.03 Å². The number of amides is 2. The number of carbonyl (C=O) groups excluding carboxylic acids is 1. The van der Waals surface area contributed by atoms with Gasteiger partial charge in [-0.15, -0.1) is 0 Å². The minimum absolute atomic E-state index is 0.235. The number of rotatable bonds is 4. The summed E-state index contributed by atoms with van der Waals surface area (Å²) in [7, 11) is 0. The van der Waals surface area contributed by atoms with Gasteiger partial charge in [0.2, 0.25) is 0 Å². The largest absolute Gasteiger partial charge is 0.338 e. The van der Waals surface area contributed by atoms with Gasteiger partial charge in [-0.05, 0) is 24.6 Å². The van der Waals surface area contributed by atoms with Gasteiger partial charge in [-0.25, -0.2) is 14.3 Å². The van der Waals surface area contributed by atoms with Crippen LogP contribution in [0.4, 0.5) is 10.5 Å². The van der Waals surface area contributed by atoms with Crippen LogP contribution >= 0.6 is 0 Å². The zero-order chi connectivity index (χ0) is 18.6. The Hall–Kier alpha value is -3.81. The summed E-state index contributed by atoms with van der Waals surface area (Å²) in [5, 5.41) is 9.93. The number of nitrogens with zero attached hydrogens (tertiary/aromatic N) is 5. The van der Waals surface area contributed by atoms with Crippen molar-refractivity contribution in [2.24, 2.45) is 0 Å². The van der Waals surface area contributed by atoms with Gasteiger partial charge in [0.1, 0.15) is 0 Å². The van der Waals surface area contributed by atoms with E-state index < -0.39 is 0 Å². The van der Waals surface area contributed by atoms with Crippen LogP contribution in [0.2, 0.25) is 0 Å². The molecule has 0 aliphatic rings. The standard InChI is InChI=1S/C19H17N7O/c1-2-21-19(27)25-15-5-3-4-13(8-15)16-10-24-26-12-14(9-23-18(16)26)17-11-20-6-7-22-17/h3-12H,2H2,1H3,(H2,21,25,27). The maximum absolute atomic E-state index is 11.7. The van der Waals surface area contributed by atoms with Gasteiger partial charge >= 0.3 is 6.03 Å². The van der Waals surface area contributed by atoms with Crippen molar-refractivity contribution >= 4 is 17.4 Å². The number of fused-ring (bicyclic) bond motifs is 1. The molecule has 3 aromatic heterocycles. The molecule has 4 aromatic rings. The van der Waals surface area contributed by atoms with E-state index in [9.17, 15) is 4.79 Å². The van der Waals surface area contributed by atoms with E-state index in [0.717, 1.165) is 28.0 Å². The molecule has 0 unspecified atom stereocenters. The first-order chi connectivity index (χ1) is 13.2. The molecule has 0 fully saturated rings. The molecule has 1 aromatic carbocycles. The van der Waals surface area contributed by atoms with Gasteiger partial charge < -0.3 is 10.6 Å². The van der Waals surface area contributed by atoms with Crippen LogP contribution in [0, 0.1) is 0 Å². The monoisotopic (exact) mass is 359 g/mol. The fourth-order valence-corrected chi connectivity index (χ4v) is 2.76. The highest BCUT2D eigenvalue weighted by Crippen LogP contribution is 2.26. The van der Waals surface area contributed by atoms with Crippen molar-refractivity contribution < 1.29 is 4.79 Å². The highest BCUT2D eigenvalue weighted by Gasteiger charge is 2.11. The maximum Gasteiger partial charge on any atom is 0.319 e. The molecule has 0 aliphatic heterocycles. The Morgan fingerprint density at radius 2 is 2.04 bits per heavy atom. The quantitative estimate of drug-likeness (QED) is 0.584. The van der Waals surface area contributed by atoms with Crippen LogP contribution in [-0.2, 0) is 0 Å². The molecule has 0 saturated carbocycles. The first-order valence-electron chi connectivity index (χ1n) is 8.49. The third-order valence-corrected chi connectivity index (χ3v) is 3.98. The number of carbonyl (C=O) groups is 1. The zero-order valence-electron chi connectivity index (χ0n) is 14.6. The first-order valence-corrected chi connectivity index (χ1v) is 8.49. The Bertz CT molecular complexity index is 1090. The van der Waals surface area contributed by atoms with Crippen molar-refractivity contribution in [3.05, 3.63) is 61.4 Å². The molecule has 4 rings (SSSR count). The molecule has 2 amide bonds. The number of urea groups is 1. The molecule has 0 atom stereocenters. The normalized spacial score (nSPS) is 10.7. The van der Waals surface area contributed by atoms with Gasteiger partial charge in [0.25, 0.3) is 0 Å². The molecule has 0 spiro atoms. The molecular weight excluding hydrogens is 342 g/mol. The third-order valence-electron chi connectivity index (χ3n) is 3.98. The lowest BCUT2D eigenvalue weighted by Crippen LogP contribution is -2.28. The molecule has 134 valence electrons. The van der Waals surface area contributed by atoms with Gasteiger partial charge in [-0.2, -0.15) is 5.10 Å². The third kappa shape index (κ3) is 3.45. The molecule has 27 heavy (non-hydrogen) atoms. The molecular formula is C19H17N7O. The summed E-state index contributed by atoms with van der Waals surface area (Å²) in [6.07, 6.45) is 10.3. The number of benzene rings is 1. The fraction of sp³-hybridized carbons (Fsp3) is 0.105. The lowest BCUT2D eigenvalue weighted by Gasteiger charge is -2.07. The summed E-state index contributed by atoms with van der Waals surface area (Å²) in [6.45, 7) is 2.44. The summed E-state index contributed by atoms with van der Waals surface area (Å²) in [4.78, 5) is 24.6. The van der Waals surface area contributed by atoms with Crippen LogP contribution in [0.3, 0.4) is 0 Å². The second-order valence-electron chi connectivity index (χ2n) is 5.82. The van der Waals surface area contributed by atoms with Gasteiger partial charge in [-0.3, -0.25) is 9.97 Å². The van der Waals surface area contributed by atoms with E-state index in [1.54, 1.807) is 35.5 Å². The highest BCUT2D eigenvalue weighted by molar-refractivity contribution is 5.90. The van der Waals surface area contributed by atoms with Crippen LogP contribution < -0.4 is 10.6 Å². The van der Waals surface area contributed by atoms with E-state index in [0.29, 0.717) is 12.2 Å². The summed E-state index contributed by atoms with van der Waals surface area (Å²) in [5.74, 6) is 0. The number of anilines is 1. The van der Waals surface area contributed by atoms with Gasteiger partial charge in [0.15, 0.2) is 5.65 Å². The van der Waals surface area contributed by atoms with Crippen LogP contribution in [0.15, 0.2) is 61.4 Å². The minimum Gasteiger partial charge on any atom is -0.338 e. The van der Waals surface area contributed by atoms with Crippen LogP contribution in [-0.4, -0.2) is 37.1 Å². The second kappa shape index (κ2) is 7.20. The maximum atomic E-state index is 11.7. The summed E-state index contributed by atoms with van der Waals surface area (Å²) in [5.41, 5.74) is 4.78. The predicted octanol–water partition coefficient (Wildman–Crippen LogP) is 2.99. The number of hydrogen-bond acceptors (Lipinski definition) is 5. The Kier molecular flexibility index (Phi) is 4.44. The van der Waals surface area contributed by atoms with Crippen molar-refractivity contribution in [1.29, 1.82) is 0 Å². The molecule has 0 saturated heterocycles. The second-order valence-corrected chi connectivity index (χ2v) is 5.82. The van der Waals surface area contributed by atoms with Crippen molar-refractivity contribution in [2.75, 3.05) is 11.9 Å². The molecule has 0 radical (unpaired) electrons. The molecule has 3 heterocycles. The van der Waals surface area contributed by atoms with E-state index in [1.165, 1.54) is 0 Å². The first kappa shape index (κ1) is 16.6. The van der Waals surface area contributed by atoms with Crippen molar-refractivity contribution in [2.45, 2.75) is 6.92 Å². The number of nitrogens with one attached hydrogen (secondary N) is 2. The average Bonchev–Trinajstić information content (AvgIpc) is 3.12. The van der Waals surface area contributed by atoms with E-state index in [2.05, 4.69) is 30.7 Å². The Morgan fingerprint density at radius 3 is 2.85 bits per heavy atom. The van der Waals surface area contributed by atoms with E-state index >= 15 is 0 Å². The lowest BCUT2D eigenvalue weighted by atomic mass is 10.1. The molecule has 2 N–H and O–H groups in total. The van der Waals surface area contributed by atoms with E-state index in [1.807, 2.05) is 37.4 Å². The molecule has 0 bridgehead atoms. The smallest absolute Gasteiger partial charge is 0.319 e. The van der Waals surface area contributed by atoms with Crippen LogP contribution in [0.5, 0.6) is 0 Å². The topological polar surface area (TPSA) is 97.1 Å². The van der Waals surface area contributed by atoms with Crippen molar-refractivity contribution in [1.82, 2.24) is 29.9 Å². The average molecular weight is 359 g/mol. The van der Waals surface area contributed by atoms with Gasteiger partial charge in [-0.1, -0.05) is 12.1 Å². The summed E-state index contributed by atoms with van der Waals surface area (Å²) in [6, 6.07) is 7.34. The number of hydrogen-bond donors (Lipinski definition) is 2. The Morgan fingerprint density at radius 1 is 1.11 bits per heavy atom. The van der Waals surface area contributed by atoms with E-state index in [4.69, 9.17) is 0 Å². The van der Waals surface area contributed by atoms with Gasteiger partial charge in [0.05, 0.1) is 18.1 Å². The summed E-state index contributed by atoms with van der Waals surface area (Å²) < 4.78 is 1.71. The zero-order valence-corrected chi connectivity index (χ0v) is 14.6. The van der Waals surface area contributed by atoms with Crippen molar-refractivity contribution in [3.63, 3.8) is 0 Å². The van der Waals surface area contributed by atoms with Gasteiger partial charge in [0, 0.05) is 48.1 Å². The Balaban J connectivity index is 1.67. The summed E-state index contributed by atoms with van der Waals surface area (Å²) >= 11 is 0. The molecule has 8 heteroatoms.